The minimum absolute atomic E-state index is 0.126. The maximum atomic E-state index is 11.5. The molecule has 0 aliphatic carbocycles. The van der Waals surface area contributed by atoms with E-state index in [0.717, 1.165) is 4.47 Å². The summed E-state index contributed by atoms with van der Waals surface area (Å²) in [7, 11) is 0. The van der Waals surface area contributed by atoms with Crippen molar-refractivity contribution in [1.82, 2.24) is 5.43 Å². The predicted octanol–water partition coefficient (Wildman–Crippen LogP) is 2.68. The Hall–Kier alpha value is -2.34. The Labute approximate surface area is 130 Å². The molecule has 108 valence electrons. The Balaban J connectivity index is 1.78. The van der Waals surface area contributed by atoms with Crippen molar-refractivity contribution in [2.45, 2.75) is 0 Å². The molecule has 1 amide bonds. The number of hydrazone groups is 1. The van der Waals surface area contributed by atoms with Crippen molar-refractivity contribution in [1.29, 1.82) is 0 Å². The topological polar surface area (TPSA) is 70.9 Å². The molecule has 2 rings (SSSR count). The molecule has 0 heterocycles. The first kappa shape index (κ1) is 15.1. The minimum Gasteiger partial charge on any atom is -0.508 e. The summed E-state index contributed by atoms with van der Waals surface area (Å²) < 4.78 is 6.24. The average molecular weight is 349 g/mol. The number of hydrogen-bond donors (Lipinski definition) is 2. The van der Waals surface area contributed by atoms with Gasteiger partial charge in [-0.05, 0) is 42.0 Å². The summed E-state index contributed by atoms with van der Waals surface area (Å²) in [4.78, 5) is 11.5. The van der Waals surface area contributed by atoms with Crippen molar-refractivity contribution in [2.24, 2.45) is 5.10 Å². The third-order valence-corrected chi connectivity index (χ3v) is 2.99. The summed E-state index contributed by atoms with van der Waals surface area (Å²) in [5.74, 6) is 0.378. The molecule has 0 saturated heterocycles. The van der Waals surface area contributed by atoms with E-state index >= 15 is 0 Å². The lowest BCUT2D eigenvalue weighted by atomic mass is 10.2. The van der Waals surface area contributed by atoms with Crippen LogP contribution >= 0.6 is 15.9 Å². The van der Waals surface area contributed by atoms with Crippen LogP contribution in [-0.4, -0.2) is 23.8 Å². The van der Waals surface area contributed by atoms with Crippen molar-refractivity contribution in [3.05, 3.63) is 58.6 Å². The van der Waals surface area contributed by atoms with E-state index in [1.807, 2.05) is 12.1 Å². The summed E-state index contributed by atoms with van der Waals surface area (Å²) in [6.45, 7) is -0.126. The Bertz CT molecular complexity index is 642. The van der Waals surface area contributed by atoms with Gasteiger partial charge in [0, 0.05) is 4.47 Å². The zero-order chi connectivity index (χ0) is 15.1. The van der Waals surface area contributed by atoms with Crippen LogP contribution in [0.4, 0.5) is 0 Å². The highest BCUT2D eigenvalue weighted by atomic mass is 79.9. The Morgan fingerprint density at radius 2 is 2.05 bits per heavy atom. The molecule has 0 saturated carbocycles. The number of aromatic hydroxyl groups is 1. The number of phenolic OH excluding ortho intramolecular Hbond substituents is 1. The number of halogens is 1. The first-order valence-corrected chi connectivity index (χ1v) is 6.92. The molecular formula is C15H13BrN2O3. The van der Waals surface area contributed by atoms with Crippen LogP contribution in [0.2, 0.25) is 0 Å². The van der Waals surface area contributed by atoms with E-state index in [1.165, 1.54) is 12.3 Å². The van der Waals surface area contributed by atoms with Crippen LogP contribution in [-0.2, 0) is 4.79 Å². The van der Waals surface area contributed by atoms with Gasteiger partial charge in [-0.1, -0.05) is 28.1 Å². The second kappa shape index (κ2) is 7.44. The van der Waals surface area contributed by atoms with E-state index in [9.17, 15) is 9.90 Å². The number of carbonyl (C=O) groups excluding carboxylic acids is 1. The van der Waals surface area contributed by atoms with Crippen LogP contribution in [0.25, 0.3) is 0 Å². The molecule has 0 aliphatic heterocycles. The van der Waals surface area contributed by atoms with Crippen molar-refractivity contribution in [3.8, 4) is 11.5 Å². The lowest BCUT2D eigenvalue weighted by molar-refractivity contribution is -0.123. The number of hydrogen-bond acceptors (Lipinski definition) is 4. The van der Waals surface area contributed by atoms with E-state index in [2.05, 4.69) is 26.5 Å². The van der Waals surface area contributed by atoms with Crippen LogP contribution in [0.3, 0.4) is 0 Å². The molecule has 2 aromatic rings. The van der Waals surface area contributed by atoms with Gasteiger partial charge in [-0.25, -0.2) is 5.43 Å². The first-order chi connectivity index (χ1) is 10.1. The smallest absolute Gasteiger partial charge is 0.277 e. The maximum Gasteiger partial charge on any atom is 0.277 e. The fourth-order valence-corrected chi connectivity index (χ4v) is 1.76. The second-order valence-corrected chi connectivity index (χ2v) is 5.05. The van der Waals surface area contributed by atoms with Gasteiger partial charge < -0.3 is 9.84 Å². The molecule has 0 fully saturated rings. The van der Waals surface area contributed by atoms with Crippen LogP contribution in [0.15, 0.2) is 58.1 Å². The molecule has 0 atom stereocenters. The zero-order valence-electron chi connectivity index (χ0n) is 11.0. The number of nitrogens with one attached hydrogen (secondary N) is 1. The lowest BCUT2D eigenvalue weighted by Gasteiger charge is -2.04. The second-order valence-electron chi connectivity index (χ2n) is 4.13. The summed E-state index contributed by atoms with van der Waals surface area (Å²) in [6, 6.07) is 13.7. The van der Waals surface area contributed by atoms with E-state index in [1.54, 1.807) is 30.3 Å². The molecule has 0 bridgehead atoms. The average Bonchev–Trinajstić information content (AvgIpc) is 2.47. The Morgan fingerprint density at radius 3 is 2.76 bits per heavy atom. The van der Waals surface area contributed by atoms with Gasteiger partial charge in [0.05, 0.1) is 6.21 Å². The highest BCUT2D eigenvalue weighted by Crippen LogP contribution is 2.15. The molecule has 0 unspecified atom stereocenters. The minimum atomic E-state index is -0.366. The summed E-state index contributed by atoms with van der Waals surface area (Å²) >= 11 is 3.32. The van der Waals surface area contributed by atoms with E-state index in [4.69, 9.17) is 4.74 Å². The highest BCUT2D eigenvalue weighted by Gasteiger charge is 2.01. The summed E-state index contributed by atoms with van der Waals surface area (Å²) in [6.07, 6.45) is 1.44. The van der Waals surface area contributed by atoms with Gasteiger partial charge in [0.15, 0.2) is 6.61 Å². The fraction of sp³-hybridized carbons (Fsp3) is 0.0667. The number of carbonyl (C=O) groups is 1. The van der Waals surface area contributed by atoms with Crippen molar-refractivity contribution in [2.75, 3.05) is 6.61 Å². The standard InChI is InChI=1S/C15H13BrN2O3/c16-12-4-6-14(7-5-12)21-10-15(20)18-17-9-11-2-1-3-13(19)8-11/h1-9,19H,10H2,(H,18,20). The molecular weight excluding hydrogens is 336 g/mol. The van der Waals surface area contributed by atoms with Crippen LogP contribution in [0, 0.1) is 0 Å². The molecule has 2 aromatic carbocycles. The van der Waals surface area contributed by atoms with Gasteiger partial charge in [-0.3, -0.25) is 4.79 Å². The Kier molecular flexibility index (Phi) is 5.34. The normalized spacial score (nSPS) is 10.5. The number of benzene rings is 2. The van der Waals surface area contributed by atoms with E-state index in [0.29, 0.717) is 11.3 Å². The number of phenols is 1. The fourth-order valence-electron chi connectivity index (χ4n) is 1.50. The molecule has 0 aromatic heterocycles. The molecule has 0 spiro atoms. The SMILES string of the molecule is O=C(COc1ccc(Br)cc1)NN=Cc1cccc(O)c1. The number of nitrogens with zero attached hydrogens (tertiary/aromatic N) is 1. The van der Waals surface area contributed by atoms with Gasteiger partial charge in [0.1, 0.15) is 11.5 Å². The summed E-state index contributed by atoms with van der Waals surface area (Å²) in [5, 5.41) is 13.1. The van der Waals surface area contributed by atoms with Crippen LogP contribution < -0.4 is 10.2 Å². The summed E-state index contributed by atoms with van der Waals surface area (Å²) in [5.41, 5.74) is 3.03. The zero-order valence-corrected chi connectivity index (χ0v) is 12.6. The molecule has 6 heteroatoms. The number of amides is 1. The molecule has 5 nitrogen and oxygen atoms in total. The predicted molar refractivity (Wildman–Crippen MR) is 83.5 cm³/mol. The third-order valence-electron chi connectivity index (χ3n) is 2.46. The van der Waals surface area contributed by atoms with Crippen molar-refractivity contribution >= 4 is 28.1 Å². The molecule has 0 aliphatic rings. The number of ether oxygens (including phenoxy) is 1. The van der Waals surface area contributed by atoms with Gasteiger partial charge in [-0.2, -0.15) is 5.10 Å². The van der Waals surface area contributed by atoms with E-state index in [-0.39, 0.29) is 18.3 Å². The molecule has 0 radical (unpaired) electrons. The molecule has 2 N–H and O–H groups in total. The van der Waals surface area contributed by atoms with Crippen LogP contribution in [0.1, 0.15) is 5.56 Å². The van der Waals surface area contributed by atoms with Crippen LogP contribution in [0.5, 0.6) is 11.5 Å². The van der Waals surface area contributed by atoms with Gasteiger partial charge in [-0.15, -0.1) is 0 Å². The molecule has 21 heavy (non-hydrogen) atoms. The van der Waals surface area contributed by atoms with Gasteiger partial charge in [0.25, 0.3) is 5.91 Å². The monoisotopic (exact) mass is 348 g/mol. The quantitative estimate of drug-likeness (QED) is 0.644. The number of rotatable bonds is 5. The van der Waals surface area contributed by atoms with Crippen molar-refractivity contribution in [3.63, 3.8) is 0 Å². The maximum absolute atomic E-state index is 11.5. The third kappa shape index (κ3) is 5.27. The van der Waals surface area contributed by atoms with Crippen molar-refractivity contribution < 1.29 is 14.6 Å². The van der Waals surface area contributed by atoms with Gasteiger partial charge >= 0.3 is 0 Å². The van der Waals surface area contributed by atoms with Gasteiger partial charge in [0.2, 0.25) is 0 Å². The Morgan fingerprint density at radius 1 is 1.29 bits per heavy atom. The highest BCUT2D eigenvalue weighted by molar-refractivity contribution is 9.10. The first-order valence-electron chi connectivity index (χ1n) is 6.13. The lowest BCUT2D eigenvalue weighted by Crippen LogP contribution is -2.24. The van der Waals surface area contributed by atoms with E-state index < -0.39 is 0 Å². The largest absolute Gasteiger partial charge is 0.508 e.